The first-order valence-electron chi connectivity index (χ1n) is 2.96. The first-order valence-corrected chi connectivity index (χ1v) is 3.34. The van der Waals surface area contributed by atoms with Gasteiger partial charge in [-0.15, -0.1) is 0 Å². The number of aryl methyl sites for hydroxylation is 1. The minimum atomic E-state index is -0.294. The van der Waals surface area contributed by atoms with Crippen molar-refractivity contribution in [3.05, 3.63) is 33.2 Å². The molecule has 0 N–H and O–H groups in total. The van der Waals surface area contributed by atoms with Gasteiger partial charge in [-0.2, -0.15) is 0 Å². The number of hydrogen-bond donors (Lipinski definition) is 0. The second-order valence-corrected chi connectivity index (χ2v) is 2.56. The Hall–Kier alpha value is -1.09. The summed E-state index contributed by atoms with van der Waals surface area (Å²) in [6.45, 7) is 0. The molecule has 0 amide bonds. The summed E-state index contributed by atoms with van der Waals surface area (Å²) in [6, 6.07) is 1.34. The van der Waals surface area contributed by atoms with Crippen molar-refractivity contribution in [3.63, 3.8) is 0 Å². The van der Waals surface area contributed by atoms with Gasteiger partial charge in [0, 0.05) is 18.8 Å². The van der Waals surface area contributed by atoms with Crippen LogP contribution in [-0.2, 0) is 7.05 Å². The highest BCUT2D eigenvalue weighted by atomic mass is 35.5. The smallest absolute Gasteiger partial charge is 0.269 e. The lowest BCUT2D eigenvalue weighted by Gasteiger charge is -1.97. The van der Waals surface area contributed by atoms with Gasteiger partial charge >= 0.3 is 0 Å². The molecule has 0 aliphatic heterocycles. The molecule has 0 radical (unpaired) electrons. The van der Waals surface area contributed by atoms with Crippen molar-refractivity contribution in [1.29, 1.82) is 0 Å². The highest BCUT2D eigenvalue weighted by Gasteiger charge is 1.99. The predicted octanol–water partition coefficient (Wildman–Crippen LogP) is 0.851. The van der Waals surface area contributed by atoms with Crippen LogP contribution in [0.2, 0.25) is 5.02 Å². The van der Waals surface area contributed by atoms with Gasteiger partial charge in [0.05, 0.1) is 0 Å². The van der Waals surface area contributed by atoms with Crippen LogP contribution in [0.15, 0.2) is 17.1 Å². The Balaban J connectivity index is 3.43. The number of pyridine rings is 1. The zero-order valence-corrected chi connectivity index (χ0v) is 6.63. The van der Waals surface area contributed by atoms with Crippen molar-refractivity contribution < 1.29 is 4.79 Å². The molecule has 1 aromatic heterocycles. The van der Waals surface area contributed by atoms with Gasteiger partial charge in [-0.25, -0.2) is 0 Å². The second kappa shape index (κ2) is 2.88. The molecule has 0 bridgehead atoms. The molecule has 58 valence electrons. The molecule has 0 aromatic carbocycles. The van der Waals surface area contributed by atoms with Gasteiger partial charge in [0.25, 0.3) is 5.56 Å². The van der Waals surface area contributed by atoms with E-state index in [9.17, 15) is 9.59 Å². The van der Waals surface area contributed by atoms with Gasteiger partial charge in [-0.1, -0.05) is 11.6 Å². The van der Waals surface area contributed by atoms with E-state index in [1.165, 1.54) is 16.8 Å². The molecular weight excluding hydrogens is 166 g/mol. The average molecular weight is 172 g/mol. The summed E-state index contributed by atoms with van der Waals surface area (Å²) < 4.78 is 1.27. The summed E-state index contributed by atoms with van der Waals surface area (Å²) in [6.07, 6.45) is 2.08. The van der Waals surface area contributed by atoms with Crippen LogP contribution in [-0.4, -0.2) is 10.9 Å². The summed E-state index contributed by atoms with van der Waals surface area (Å²) in [5, 5.41) is 0.0668. The normalized spacial score (nSPS) is 9.64. The Bertz CT molecular complexity index is 317. The molecule has 1 rings (SSSR count). The van der Waals surface area contributed by atoms with Crippen molar-refractivity contribution in [1.82, 2.24) is 4.57 Å². The summed E-state index contributed by atoms with van der Waals surface area (Å²) in [4.78, 5) is 21.2. The van der Waals surface area contributed by atoms with Crippen LogP contribution in [0.1, 0.15) is 10.4 Å². The molecule has 1 aromatic rings. The fraction of sp³-hybridized carbons (Fsp3) is 0.143. The quantitative estimate of drug-likeness (QED) is 0.588. The predicted molar refractivity (Wildman–Crippen MR) is 42.1 cm³/mol. The molecule has 0 saturated heterocycles. The maximum Gasteiger partial charge on any atom is 0.269 e. The second-order valence-electron chi connectivity index (χ2n) is 2.16. The molecule has 11 heavy (non-hydrogen) atoms. The third-order valence-electron chi connectivity index (χ3n) is 1.30. The van der Waals surface area contributed by atoms with Crippen molar-refractivity contribution in [3.8, 4) is 0 Å². The van der Waals surface area contributed by atoms with Crippen molar-refractivity contribution >= 4 is 17.9 Å². The number of halogens is 1. The molecule has 0 aliphatic rings. The Kier molecular flexibility index (Phi) is 2.10. The largest absolute Gasteiger partial charge is 0.317 e. The summed E-state index contributed by atoms with van der Waals surface area (Å²) in [5.74, 6) is 0. The van der Waals surface area contributed by atoms with Crippen LogP contribution in [0.25, 0.3) is 0 Å². The third kappa shape index (κ3) is 1.49. The summed E-state index contributed by atoms with van der Waals surface area (Å²) in [5.41, 5.74) is 0.106. The topological polar surface area (TPSA) is 39.1 Å². The maximum atomic E-state index is 11.0. The Morgan fingerprint density at radius 1 is 1.64 bits per heavy atom. The number of aromatic nitrogens is 1. The van der Waals surface area contributed by atoms with Crippen LogP contribution in [0.4, 0.5) is 0 Å². The molecular formula is C7H6ClNO2. The van der Waals surface area contributed by atoms with E-state index >= 15 is 0 Å². The average Bonchev–Trinajstić information content (AvgIpc) is 1.99. The van der Waals surface area contributed by atoms with Crippen molar-refractivity contribution in [2.45, 2.75) is 0 Å². The fourth-order valence-electron chi connectivity index (χ4n) is 0.760. The maximum absolute atomic E-state index is 11.0. The van der Waals surface area contributed by atoms with E-state index in [0.29, 0.717) is 11.8 Å². The first-order chi connectivity index (χ1) is 5.15. The van der Waals surface area contributed by atoms with E-state index in [-0.39, 0.29) is 10.6 Å². The number of carbonyl (C=O) groups is 1. The van der Waals surface area contributed by atoms with E-state index in [1.807, 2.05) is 0 Å². The van der Waals surface area contributed by atoms with Crippen LogP contribution in [0.3, 0.4) is 0 Å². The van der Waals surface area contributed by atoms with Gasteiger partial charge < -0.3 is 4.57 Å². The van der Waals surface area contributed by atoms with Gasteiger partial charge in [0.15, 0.2) is 6.29 Å². The summed E-state index contributed by atoms with van der Waals surface area (Å²) in [7, 11) is 1.54. The van der Waals surface area contributed by atoms with E-state index in [1.54, 1.807) is 7.05 Å². The zero-order valence-electron chi connectivity index (χ0n) is 5.87. The lowest BCUT2D eigenvalue weighted by Crippen LogP contribution is -2.16. The van der Waals surface area contributed by atoms with Gasteiger partial charge in [0.2, 0.25) is 0 Å². The Morgan fingerprint density at radius 3 is 2.73 bits per heavy atom. The van der Waals surface area contributed by atoms with Crippen LogP contribution < -0.4 is 5.56 Å². The monoisotopic (exact) mass is 171 g/mol. The number of rotatable bonds is 1. The van der Waals surface area contributed by atoms with Crippen molar-refractivity contribution in [2.24, 2.45) is 7.05 Å². The van der Waals surface area contributed by atoms with Crippen molar-refractivity contribution in [2.75, 3.05) is 0 Å². The Labute approximate surface area is 68.2 Å². The van der Waals surface area contributed by atoms with Crippen LogP contribution >= 0.6 is 11.6 Å². The number of nitrogens with zero attached hydrogens (tertiary/aromatic N) is 1. The van der Waals surface area contributed by atoms with Gasteiger partial charge in [-0.3, -0.25) is 9.59 Å². The highest BCUT2D eigenvalue weighted by Crippen LogP contribution is 2.02. The van der Waals surface area contributed by atoms with E-state index in [0.717, 1.165) is 0 Å². The molecule has 0 atom stereocenters. The SMILES string of the molecule is Cn1cc(C=O)cc(Cl)c1=O. The molecule has 0 saturated carbocycles. The van der Waals surface area contributed by atoms with Crippen LogP contribution in [0, 0.1) is 0 Å². The highest BCUT2D eigenvalue weighted by molar-refractivity contribution is 6.30. The van der Waals surface area contributed by atoms with E-state index in [2.05, 4.69) is 0 Å². The lowest BCUT2D eigenvalue weighted by molar-refractivity contribution is 0.112. The number of hydrogen-bond acceptors (Lipinski definition) is 2. The fourth-order valence-corrected chi connectivity index (χ4v) is 1.02. The van der Waals surface area contributed by atoms with E-state index < -0.39 is 0 Å². The number of carbonyl (C=O) groups excluding carboxylic acids is 1. The standard InChI is InChI=1S/C7H6ClNO2/c1-9-3-5(4-10)2-6(8)7(9)11/h2-4H,1H3. The minimum Gasteiger partial charge on any atom is -0.317 e. The van der Waals surface area contributed by atoms with Crippen LogP contribution in [0.5, 0.6) is 0 Å². The van der Waals surface area contributed by atoms with Gasteiger partial charge in [0.1, 0.15) is 5.02 Å². The Morgan fingerprint density at radius 2 is 2.27 bits per heavy atom. The lowest BCUT2D eigenvalue weighted by atomic mass is 10.3. The molecule has 3 nitrogen and oxygen atoms in total. The molecule has 4 heteroatoms. The molecule has 1 heterocycles. The summed E-state index contributed by atoms with van der Waals surface area (Å²) >= 11 is 5.51. The molecule has 0 fully saturated rings. The van der Waals surface area contributed by atoms with E-state index in [4.69, 9.17) is 11.6 Å². The minimum absolute atomic E-state index is 0.0668. The molecule has 0 unspecified atom stereocenters. The van der Waals surface area contributed by atoms with Gasteiger partial charge in [-0.05, 0) is 6.07 Å². The third-order valence-corrected chi connectivity index (χ3v) is 1.57. The first kappa shape index (κ1) is 8.01. The zero-order chi connectivity index (χ0) is 8.43. The molecule has 0 aliphatic carbocycles. The molecule has 0 spiro atoms. The number of aldehydes is 1.